The largest absolute Gasteiger partial charge is 0.497 e. The Bertz CT molecular complexity index is 796. The number of fused-ring (bicyclic) bond motifs is 1. The van der Waals surface area contributed by atoms with E-state index in [2.05, 4.69) is 28.3 Å². The first-order valence-electron chi connectivity index (χ1n) is 8.46. The number of aromatic nitrogens is 3. The zero-order valence-electron chi connectivity index (χ0n) is 14.0. The van der Waals surface area contributed by atoms with Crippen LogP contribution >= 0.6 is 0 Å². The van der Waals surface area contributed by atoms with E-state index in [1.54, 1.807) is 7.11 Å². The van der Waals surface area contributed by atoms with Gasteiger partial charge in [0.1, 0.15) is 17.3 Å². The van der Waals surface area contributed by atoms with Gasteiger partial charge in [0.15, 0.2) is 0 Å². The van der Waals surface area contributed by atoms with Gasteiger partial charge in [-0.1, -0.05) is 0 Å². The fraction of sp³-hybridized carbons (Fsp3) is 0.368. The third-order valence-corrected chi connectivity index (χ3v) is 4.78. The lowest BCUT2D eigenvalue weighted by Gasteiger charge is -2.27. The number of rotatable bonds is 3. The van der Waals surface area contributed by atoms with E-state index in [1.165, 1.54) is 0 Å². The molecular formula is C19H22N4O. The molecule has 3 heterocycles. The third-order valence-electron chi connectivity index (χ3n) is 4.78. The highest BCUT2D eigenvalue weighted by Gasteiger charge is 2.23. The van der Waals surface area contributed by atoms with Gasteiger partial charge in [-0.2, -0.15) is 0 Å². The molecule has 0 saturated carbocycles. The third kappa shape index (κ3) is 2.87. The maximum Gasteiger partial charge on any atom is 0.118 e. The van der Waals surface area contributed by atoms with E-state index in [9.17, 15) is 0 Å². The quantitative estimate of drug-likeness (QED) is 0.775. The molecule has 0 radical (unpaired) electrons. The Morgan fingerprint density at radius 2 is 2.00 bits per heavy atom. The van der Waals surface area contributed by atoms with Crippen molar-refractivity contribution in [1.82, 2.24) is 20.3 Å². The highest BCUT2D eigenvalue weighted by molar-refractivity contribution is 5.71. The number of ether oxygens (including phenoxy) is 1. The fourth-order valence-electron chi connectivity index (χ4n) is 3.43. The second-order valence-corrected chi connectivity index (χ2v) is 6.51. The topological polar surface area (TPSA) is 62.8 Å². The molecule has 0 aliphatic carbocycles. The molecule has 3 aliphatic heterocycles. The normalized spacial score (nSPS) is 21.1. The molecule has 3 aliphatic rings. The Balaban J connectivity index is 1.64. The van der Waals surface area contributed by atoms with Gasteiger partial charge in [-0.3, -0.25) is 0 Å². The standard InChI is InChI=1S/C19H22N4O/c1-12-9-14(7-8-20-12)19-21-11-18-17(23-19)10-16(22-18)13-3-5-15(24-2)6-4-13/h3-6,10-12,14,20H,7-9H2,1-2H3,(H,21,23). The van der Waals surface area contributed by atoms with Gasteiger partial charge in [-0.15, -0.1) is 0 Å². The monoisotopic (exact) mass is 322 g/mol. The van der Waals surface area contributed by atoms with Crippen LogP contribution < -0.4 is 10.1 Å². The Morgan fingerprint density at radius 1 is 1.17 bits per heavy atom. The van der Waals surface area contributed by atoms with Crippen LogP contribution in [0.25, 0.3) is 22.6 Å². The summed E-state index contributed by atoms with van der Waals surface area (Å²) in [6.45, 7) is 3.28. The van der Waals surface area contributed by atoms with Crippen molar-refractivity contribution in [3.63, 3.8) is 0 Å². The molecule has 1 aromatic carbocycles. The predicted molar refractivity (Wildman–Crippen MR) is 94.4 cm³/mol. The molecular weight excluding hydrogens is 300 g/mol. The molecule has 2 atom stereocenters. The highest BCUT2D eigenvalue weighted by atomic mass is 16.5. The minimum Gasteiger partial charge on any atom is -0.497 e. The number of nitrogens with zero attached hydrogens (tertiary/aromatic N) is 2. The van der Waals surface area contributed by atoms with Crippen molar-refractivity contribution in [3.8, 4) is 28.4 Å². The molecule has 4 rings (SSSR count). The van der Waals surface area contributed by atoms with Crippen molar-refractivity contribution in [2.75, 3.05) is 13.7 Å². The van der Waals surface area contributed by atoms with Gasteiger partial charge in [-0.05, 0) is 56.6 Å². The van der Waals surface area contributed by atoms with E-state index in [4.69, 9.17) is 9.72 Å². The number of hydrogen-bond donors (Lipinski definition) is 2. The molecule has 0 amide bonds. The summed E-state index contributed by atoms with van der Waals surface area (Å²) >= 11 is 0. The minimum atomic E-state index is 0.491. The van der Waals surface area contributed by atoms with Crippen LogP contribution in [-0.4, -0.2) is 34.6 Å². The molecule has 1 saturated heterocycles. The molecule has 124 valence electrons. The lowest BCUT2D eigenvalue weighted by atomic mass is 9.92. The maximum absolute atomic E-state index is 5.21. The van der Waals surface area contributed by atoms with Crippen LogP contribution in [0.5, 0.6) is 5.75 Å². The molecule has 1 fully saturated rings. The van der Waals surface area contributed by atoms with Crippen LogP contribution in [0.2, 0.25) is 0 Å². The second kappa shape index (κ2) is 6.24. The molecule has 2 unspecified atom stereocenters. The van der Waals surface area contributed by atoms with E-state index in [-0.39, 0.29) is 0 Å². The molecule has 5 nitrogen and oxygen atoms in total. The number of H-pyrrole nitrogens is 1. The van der Waals surface area contributed by atoms with Gasteiger partial charge in [0.25, 0.3) is 0 Å². The predicted octanol–water partition coefficient (Wildman–Crippen LogP) is 3.44. The van der Waals surface area contributed by atoms with Crippen molar-refractivity contribution in [1.29, 1.82) is 0 Å². The summed E-state index contributed by atoms with van der Waals surface area (Å²) in [6.07, 6.45) is 4.13. The van der Waals surface area contributed by atoms with Crippen molar-refractivity contribution in [2.24, 2.45) is 0 Å². The fourth-order valence-corrected chi connectivity index (χ4v) is 3.43. The van der Waals surface area contributed by atoms with Crippen LogP contribution in [0.3, 0.4) is 0 Å². The molecule has 0 spiro atoms. The summed E-state index contributed by atoms with van der Waals surface area (Å²) in [4.78, 5) is 12.8. The van der Waals surface area contributed by atoms with Crippen LogP contribution in [0.4, 0.5) is 0 Å². The number of benzene rings is 1. The van der Waals surface area contributed by atoms with Gasteiger partial charge in [0.2, 0.25) is 0 Å². The van der Waals surface area contributed by atoms with Gasteiger partial charge in [0.05, 0.1) is 24.7 Å². The Morgan fingerprint density at radius 3 is 2.75 bits per heavy atom. The lowest BCUT2D eigenvalue weighted by Crippen LogP contribution is -2.35. The first kappa shape index (κ1) is 15.1. The summed E-state index contributed by atoms with van der Waals surface area (Å²) < 4.78 is 5.21. The summed E-state index contributed by atoms with van der Waals surface area (Å²) in [5.41, 5.74) is 4.00. The van der Waals surface area contributed by atoms with Crippen LogP contribution in [-0.2, 0) is 0 Å². The summed E-state index contributed by atoms with van der Waals surface area (Å²) in [6, 6.07) is 10.6. The lowest BCUT2D eigenvalue weighted by molar-refractivity contribution is 0.371. The molecule has 1 aromatic rings. The van der Waals surface area contributed by atoms with Gasteiger partial charge in [0, 0.05) is 17.5 Å². The van der Waals surface area contributed by atoms with Crippen molar-refractivity contribution in [2.45, 2.75) is 31.7 Å². The molecule has 2 N–H and O–H groups in total. The molecule has 5 heteroatoms. The zero-order chi connectivity index (χ0) is 16.5. The summed E-state index contributed by atoms with van der Waals surface area (Å²) in [7, 11) is 1.67. The number of nitrogens with one attached hydrogen (secondary N) is 2. The van der Waals surface area contributed by atoms with E-state index < -0.39 is 0 Å². The first-order chi connectivity index (χ1) is 11.7. The molecule has 0 aromatic heterocycles. The van der Waals surface area contributed by atoms with Gasteiger partial charge in [-0.25, -0.2) is 9.97 Å². The molecule has 24 heavy (non-hydrogen) atoms. The average Bonchev–Trinajstić information content (AvgIpc) is 3.05. The highest BCUT2D eigenvalue weighted by Crippen LogP contribution is 2.31. The SMILES string of the molecule is COc1ccc(-c2cc3[nH]c(C4CCNC(C)C4)ncc-3n2)cc1. The maximum atomic E-state index is 5.21. The van der Waals surface area contributed by atoms with Crippen LogP contribution in [0.15, 0.2) is 36.5 Å². The summed E-state index contributed by atoms with van der Waals surface area (Å²) in [5, 5.41) is 3.49. The molecule has 0 bridgehead atoms. The van der Waals surface area contributed by atoms with E-state index in [1.807, 2.05) is 30.5 Å². The van der Waals surface area contributed by atoms with Crippen molar-refractivity contribution < 1.29 is 4.74 Å². The van der Waals surface area contributed by atoms with Crippen LogP contribution in [0, 0.1) is 0 Å². The Hall–Kier alpha value is -2.40. The number of methoxy groups -OCH3 is 1. The van der Waals surface area contributed by atoms with E-state index in [0.717, 1.165) is 53.6 Å². The summed E-state index contributed by atoms with van der Waals surface area (Å²) in [5.74, 6) is 2.42. The van der Waals surface area contributed by atoms with Crippen molar-refractivity contribution >= 4 is 0 Å². The zero-order valence-corrected chi connectivity index (χ0v) is 14.0. The first-order valence-corrected chi connectivity index (χ1v) is 8.46. The second-order valence-electron chi connectivity index (χ2n) is 6.51. The van der Waals surface area contributed by atoms with Gasteiger partial charge >= 0.3 is 0 Å². The number of piperidine rings is 1. The Kier molecular flexibility index (Phi) is 3.94. The van der Waals surface area contributed by atoms with E-state index >= 15 is 0 Å². The number of aromatic amines is 1. The van der Waals surface area contributed by atoms with E-state index in [0.29, 0.717) is 12.0 Å². The van der Waals surface area contributed by atoms with Crippen LogP contribution in [0.1, 0.15) is 31.5 Å². The Labute approximate surface area is 141 Å². The smallest absolute Gasteiger partial charge is 0.118 e. The number of hydrogen-bond acceptors (Lipinski definition) is 4. The minimum absolute atomic E-state index is 0.491. The average molecular weight is 322 g/mol. The van der Waals surface area contributed by atoms with Gasteiger partial charge < -0.3 is 15.0 Å². The van der Waals surface area contributed by atoms with Crippen molar-refractivity contribution in [3.05, 3.63) is 42.4 Å².